The second-order valence-corrected chi connectivity index (χ2v) is 3.62. The van der Waals surface area contributed by atoms with E-state index in [4.69, 9.17) is 0 Å². The lowest BCUT2D eigenvalue weighted by atomic mass is 9.95. The first-order valence-electron chi connectivity index (χ1n) is 4.63. The van der Waals surface area contributed by atoms with E-state index in [1.807, 2.05) is 0 Å². The highest BCUT2D eigenvalue weighted by molar-refractivity contribution is 5.76. The van der Waals surface area contributed by atoms with Crippen molar-refractivity contribution in [3.05, 3.63) is 0 Å². The predicted molar refractivity (Wildman–Crippen MR) is 45.6 cm³/mol. The molecule has 1 fully saturated rings. The van der Waals surface area contributed by atoms with Gasteiger partial charge in [-0.25, -0.2) is 8.78 Å². The van der Waals surface area contributed by atoms with Crippen molar-refractivity contribution in [3.63, 3.8) is 0 Å². The number of likely N-dealkylation sites (tertiary alicyclic amines) is 1. The van der Waals surface area contributed by atoms with Crippen LogP contribution in [0.25, 0.3) is 0 Å². The van der Waals surface area contributed by atoms with E-state index in [1.165, 1.54) is 11.8 Å². The Morgan fingerprint density at radius 1 is 1.62 bits per heavy atom. The first kappa shape index (κ1) is 10.4. The molecule has 0 aromatic heterocycles. The van der Waals surface area contributed by atoms with Gasteiger partial charge in [0.25, 0.3) is 5.92 Å². The molecule has 0 saturated carbocycles. The molecule has 0 aromatic rings. The van der Waals surface area contributed by atoms with Crippen molar-refractivity contribution >= 4 is 5.91 Å². The Morgan fingerprint density at radius 2 is 2.23 bits per heavy atom. The minimum atomic E-state index is -2.71. The second kappa shape index (κ2) is 3.60. The van der Waals surface area contributed by atoms with Gasteiger partial charge in [0, 0.05) is 18.9 Å². The van der Waals surface area contributed by atoms with Crippen LogP contribution in [0.4, 0.5) is 8.78 Å². The van der Waals surface area contributed by atoms with Crippen molar-refractivity contribution in [1.29, 1.82) is 0 Å². The fourth-order valence-corrected chi connectivity index (χ4v) is 1.49. The van der Waals surface area contributed by atoms with Crippen LogP contribution in [0.5, 0.6) is 0 Å². The number of hydrogen-bond acceptors (Lipinski definition) is 1. The van der Waals surface area contributed by atoms with Gasteiger partial charge in [0.05, 0.1) is 6.54 Å². The molecular formula is C9H15F2NO. The molecule has 1 atom stereocenters. The smallest absolute Gasteiger partial charge is 0.267 e. The van der Waals surface area contributed by atoms with Crippen LogP contribution in [-0.4, -0.2) is 29.8 Å². The fraction of sp³-hybridized carbons (Fsp3) is 0.889. The molecule has 1 aliphatic heterocycles. The Morgan fingerprint density at radius 3 is 2.69 bits per heavy atom. The summed E-state index contributed by atoms with van der Waals surface area (Å²) in [7, 11) is 0. The van der Waals surface area contributed by atoms with E-state index in [-0.39, 0.29) is 5.91 Å². The number of alkyl halides is 2. The van der Waals surface area contributed by atoms with Gasteiger partial charge in [0.15, 0.2) is 0 Å². The molecule has 1 saturated heterocycles. The predicted octanol–water partition coefficient (Wildman–Crippen LogP) is 1.90. The number of hydrogen-bond donors (Lipinski definition) is 0. The summed E-state index contributed by atoms with van der Waals surface area (Å²) in [6.45, 7) is 3.30. The van der Waals surface area contributed by atoms with E-state index < -0.39 is 18.4 Å². The number of carbonyl (C=O) groups is 1. The SMILES string of the molecule is CCC(=O)N1CCC(C)C(F)(F)C1. The Labute approximate surface area is 76.9 Å². The van der Waals surface area contributed by atoms with Gasteiger partial charge in [-0.15, -0.1) is 0 Å². The van der Waals surface area contributed by atoms with Gasteiger partial charge in [0.1, 0.15) is 0 Å². The van der Waals surface area contributed by atoms with E-state index in [2.05, 4.69) is 0 Å². The average Bonchev–Trinajstić information content (AvgIpc) is 2.08. The lowest BCUT2D eigenvalue weighted by molar-refractivity contribution is -0.148. The third kappa shape index (κ3) is 2.17. The maximum Gasteiger partial charge on any atom is 0.267 e. The lowest BCUT2D eigenvalue weighted by Crippen LogP contribution is -2.49. The molecule has 1 rings (SSSR count). The fourth-order valence-electron chi connectivity index (χ4n) is 1.49. The largest absolute Gasteiger partial charge is 0.337 e. The Bertz CT molecular complexity index is 206. The second-order valence-electron chi connectivity index (χ2n) is 3.62. The quantitative estimate of drug-likeness (QED) is 0.620. The molecule has 0 aliphatic carbocycles. The van der Waals surface area contributed by atoms with Crippen molar-refractivity contribution in [2.45, 2.75) is 32.6 Å². The summed E-state index contributed by atoms with van der Waals surface area (Å²) in [5, 5.41) is 0. The molecule has 2 nitrogen and oxygen atoms in total. The standard InChI is InChI=1S/C9H15F2NO/c1-3-8(13)12-5-4-7(2)9(10,11)6-12/h7H,3-6H2,1-2H3. The zero-order valence-corrected chi connectivity index (χ0v) is 8.02. The molecule has 0 spiro atoms. The number of rotatable bonds is 1. The number of carbonyl (C=O) groups excluding carboxylic acids is 1. The zero-order valence-electron chi connectivity index (χ0n) is 8.02. The number of amides is 1. The van der Waals surface area contributed by atoms with Gasteiger partial charge in [-0.3, -0.25) is 4.79 Å². The van der Waals surface area contributed by atoms with Crippen molar-refractivity contribution in [1.82, 2.24) is 4.90 Å². The van der Waals surface area contributed by atoms with Crippen LogP contribution in [0.2, 0.25) is 0 Å². The summed E-state index contributed by atoms with van der Waals surface area (Å²) in [4.78, 5) is 12.4. The molecule has 1 aliphatic rings. The highest BCUT2D eigenvalue weighted by Gasteiger charge is 2.42. The molecule has 4 heteroatoms. The molecule has 0 bridgehead atoms. The molecule has 1 unspecified atom stereocenters. The highest BCUT2D eigenvalue weighted by atomic mass is 19.3. The molecule has 1 heterocycles. The zero-order chi connectivity index (χ0) is 10.1. The molecular weight excluding hydrogens is 176 g/mol. The summed E-state index contributed by atoms with van der Waals surface area (Å²) in [5.41, 5.74) is 0. The van der Waals surface area contributed by atoms with Gasteiger partial charge in [-0.05, 0) is 6.42 Å². The van der Waals surface area contributed by atoms with E-state index >= 15 is 0 Å². The van der Waals surface area contributed by atoms with Gasteiger partial charge in [0.2, 0.25) is 5.91 Å². The number of nitrogens with zero attached hydrogens (tertiary/aromatic N) is 1. The summed E-state index contributed by atoms with van der Waals surface area (Å²) in [6.07, 6.45) is 0.712. The lowest BCUT2D eigenvalue weighted by Gasteiger charge is -2.36. The van der Waals surface area contributed by atoms with E-state index in [9.17, 15) is 13.6 Å². The number of halogens is 2. The van der Waals surface area contributed by atoms with Gasteiger partial charge < -0.3 is 4.90 Å². The van der Waals surface area contributed by atoms with E-state index in [0.717, 1.165) is 0 Å². The topological polar surface area (TPSA) is 20.3 Å². The molecule has 0 aromatic carbocycles. The monoisotopic (exact) mass is 191 g/mol. The average molecular weight is 191 g/mol. The van der Waals surface area contributed by atoms with Crippen molar-refractivity contribution in [2.24, 2.45) is 5.92 Å². The molecule has 13 heavy (non-hydrogen) atoms. The van der Waals surface area contributed by atoms with Crippen molar-refractivity contribution in [2.75, 3.05) is 13.1 Å². The van der Waals surface area contributed by atoms with Crippen molar-refractivity contribution in [3.8, 4) is 0 Å². The Hall–Kier alpha value is -0.670. The first-order chi connectivity index (χ1) is 5.97. The minimum absolute atomic E-state index is 0.174. The summed E-state index contributed by atoms with van der Waals surface area (Å²) >= 11 is 0. The van der Waals surface area contributed by atoms with Crippen LogP contribution in [0.3, 0.4) is 0 Å². The maximum atomic E-state index is 13.2. The van der Waals surface area contributed by atoms with Crippen LogP contribution in [-0.2, 0) is 4.79 Å². The van der Waals surface area contributed by atoms with E-state index in [0.29, 0.717) is 19.4 Å². The minimum Gasteiger partial charge on any atom is -0.337 e. The van der Waals surface area contributed by atoms with Crippen LogP contribution >= 0.6 is 0 Å². The maximum absolute atomic E-state index is 13.2. The van der Waals surface area contributed by atoms with Crippen LogP contribution < -0.4 is 0 Å². The Kier molecular flexibility index (Phi) is 2.88. The number of piperidine rings is 1. The molecule has 0 N–H and O–H groups in total. The molecule has 76 valence electrons. The van der Waals surface area contributed by atoms with Crippen LogP contribution in [0, 0.1) is 5.92 Å². The third-order valence-electron chi connectivity index (χ3n) is 2.61. The van der Waals surface area contributed by atoms with Gasteiger partial charge in [-0.2, -0.15) is 0 Å². The molecule has 1 amide bonds. The van der Waals surface area contributed by atoms with Crippen LogP contribution in [0.1, 0.15) is 26.7 Å². The van der Waals surface area contributed by atoms with Gasteiger partial charge in [-0.1, -0.05) is 13.8 Å². The summed E-state index contributed by atoms with van der Waals surface area (Å²) in [5.74, 6) is -3.48. The van der Waals surface area contributed by atoms with E-state index in [1.54, 1.807) is 6.92 Å². The van der Waals surface area contributed by atoms with Crippen LogP contribution in [0.15, 0.2) is 0 Å². The highest BCUT2D eigenvalue weighted by Crippen LogP contribution is 2.32. The van der Waals surface area contributed by atoms with Crippen molar-refractivity contribution < 1.29 is 13.6 Å². The first-order valence-corrected chi connectivity index (χ1v) is 4.63. The molecule has 0 radical (unpaired) electrons. The summed E-state index contributed by atoms with van der Waals surface area (Å²) in [6, 6.07) is 0. The normalized spacial score (nSPS) is 27.4. The Balaban J connectivity index is 2.60. The third-order valence-corrected chi connectivity index (χ3v) is 2.61. The van der Waals surface area contributed by atoms with Gasteiger partial charge >= 0.3 is 0 Å². The summed E-state index contributed by atoms with van der Waals surface area (Å²) < 4.78 is 26.3.